The third-order valence-electron chi connectivity index (χ3n) is 5.77. The molecule has 0 radical (unpaired) electrons. The van der Waals surface area contributed by atoms with Gasteiger partial charge in [-0.15, -0.1) is 12.4 Å². The minimum absolute atomic E-state index is 0. The van der Waals surface area contributed by atoms with E-state index in [4.69, 9.17) is 4.74 Å². The van der Waals surface area contributed by atoms with E-state index in [1.54, 1.807) is 6.92 Å². The fourth-order valence-corrected chi connectivity index (χ4v) is 4.03. The Labute approximate surface area is 173 Å². The molecule has 0 aliphatic carbocycles. The van der Waals surface area contributed by atoms with Gasteiger partial charge in [-0.1, -0.05) is 24.6 Å². The second-order valence-corrected chi connectivity index (χ2v) is 7.68. The molecule has 7 heteroatoms. The van der Waals surface area contributed by atoms with Gasteiger partial charge >= 0.3 is 0 Å². The number of ether oxygens (including phenoxy) is 1. The Kier molecular flexibility index (Phi) is 8.58. The molecule has 1 spiro atoms. The molecule has 1 atom stereocenters. The first-order valence-electron chi connectivity index (χ1n) is 10.1. The number of carbonyl (C=O) groups excluding carboxylic acids is 2. The standard InChI is InChI=1S/C21H31N3O3.ClH/c1-16-19(25)23-14-15-27-18-8-3-2-6-17(18)7-4-5-9-21(20(26)24-16)10-12-22-13-11-21;/h2-3,6,8,16,22H,4-5,7,9-15H2,1H3,(H,23,25)(H,24,26);1H/t16-;/m0./s1. The number of aryl methyl sites for hydroxylation is 1. The lowest BCUT2D eigenvalue weighted by atomic mass is 9.74. The van der Waals surface area contributed by atoms with Crippen molar-refractivity contribution < 1.29 is 14.3 Å². The Balaban J connectivity index is 0.00000280. The van der Waals surface area contributed by atoms with Crippen molar-refractivity contribution in [2.75, 3.05) is 26.2 Å². The molecule has 0 aromatic heterocycles. The monoisotopic (exact) mass is 409 g/mol. The van der Waals surface area contributed by atoms with Crippen LogP contribution in [0.25, 0.3) is 0 Å². The van der Waals surface area contributed by atoms with Crippen LogP contribution in [0.1, 0.15) is 44.6 Å². The maximum atomic E-state index is 13.0. The van der Waals surface area contributed by atoms with Crippen LogP contribution in [-0.2, 0) is 16.0 Å². The van der Waals surface area contributed by atoms with Gasteiger partial charge in [-0.2, -0.15) is 0 Å². The Morgan fingerprint density at radius 3 is 2.57 bits per heavy atom. The molecule has 2 heterocycles. The Bertz CT molecular complexity index is 662. The van der Waals surface area contributed by atoms with Crippen LogP contribution in [0.4, 0.5) is 0 Å². The number of hydrogen-bond acceptors (Lipinski definition) is 4. The number of nitrogens with one attached hydrogen (secondary N) is 3. The van der Waals surface area contributed by atoms with Crippen molar-refractivity contribution in [2.24, 2.45) is 5.41 Å². The molecule has 0 bridgehead atoms. The third kappa shape index (κ3) is 5.61. The smallest absolute Gasteiger partial charge is 0.242 e. The van der Waals surface area contributed by atoms with Crippen LogP contribution < -0.4 is 20.7 Å². The molecule has 2 aliphatic heterocycles. The molecule has 3 N–H and O–H groups in total. The van der Waals surface area contributed by atoms with Crippen LogP contribution >= 0.6 is 12.4 Å². The lowest BCUT2D eigenvalue weighted by Crippen LogP contribution is -2.53. The number of fused-ring (bicyclic) bond motifs is 1. The Morgan fingerprint density at radius 1 is 1.04 bits per heavy atom. The predicted octanol–water partition coefficient (Wildman–Crippen LogP) is 2.20. The first-order valence-corrected chi connectivity index (χ1v) is 10.1. The van der Waals surface area contributed by atoms with E-state index >= 15 is 0 Å². The van der Waals surface area contributed by atoms with E-state index in [2.05, 4.69) is 22.0 Å². The van der Waals surface area contributed by atoms with Gasteiger partial charge in [0.1, 0.15) is 18.4 Å². The zero-order valence-electron chi connectivity index (χ0n) is 16.6. The summed E-state index contributed by atoms with van der Waals surface area (Å²) in [6.45, 7) is 4.28. The van der Waals surface area contributed by atoms with Crippen molar-refractivity contribution in [3.8, 4) is 5.75 Å². The average molecular weight is 410 g/mol. The van der Waals surface area contributed by atoms with Crippen molar-refractivity contribution in [3.63, 3.8) is 0 Å². The van der Waals surface area contributed by atoms with Gasteiger partial charge in [-0.3, -0.25) is 9.59 Å². The highest BCUT2D eigenvalue weighted by atomic mass is 35.5. The minimum Gasteiger partial charge on any atom is -0.491 e. The van der Waals surface area contributed by atoms with E-state index in [-0.39, 0.29) is 29.6 Å². The molecule has 156 valence electrons. The molecule has 0 unspecified atom stereocenters. The number of hydrogen-bond donors (Lipinski definition) is 3. The summed E-state index contributed by atoms with van der Waals surface area (Å²) in [5, 5.41) is 9.16. The summed E-state index contributed by atoms with van der Waals surface area (Å²) in [6.07, 6.45) is 5.46. The second-order valence-electron chi connectivity index (χ2n) is 7.68. The van der Waals surface area contributed by atoms with Gasteiger partial charge in [0.2, 0.25) is 11.8 Å². The quantitative estimate of drug-likeness (QED) is 0.613. The van der Waals surface area contributed by atoms with Gasteiger partial charge < -0.3 is 20.7 Å². The normalized spacial score (nSPS) is 23.7. The molecule has 0 saturated carbocycles. The van der Waals surface area contributed by atoms with Crippen molar-refractivity contribution >= 4 is 24.2 Å². The van der Waals surface area contributed by atoms with E-state index in [0.717, 1.165) is 57.4 Å². The van der Waals surface area contributed by atoms with Crippen LogP contribution in [0.3, 0.4) is 0 Å². The van der Waals surface area contributed by atoms with E-state index in [1.807, 2.05) is 18.2 Å². The van der Waals surface area contributed by atoms with Crippen molar-refractivity contribution in [1.29, 1.82) is 0 Å². The molecule has 1 aromatic rings. The number of carbonyl (C=O) groups is 2. The van der Waals surface area contributed by atoms with Gasteiger partial charge in [0.15, 0.2) is 0 Å². The lowest BCUT2D eigenvalue weighted by Gasteiger charge is -2.37. The lowest BCUT2D eigenvalue weighted by molar-refractivity contribution is -0.136. The van der Waals surface area contributed by atoms with Crippen molar-refractivity contribution in [1.82, 2.24) is 16.0 Å². The van der Waals surface area contributed by atoms with Crippen molar-refractivity contribution in [2.45, 2.75) is 51.5 Å². The molecule has 28 heavy (non-hydrogen) atoms. The molecular formula is C21H32ClN3O3. The topological polar surface area (TPSA) is 79.5 Å². The molecule has 1 fully saturated rings. The van der Waals surface area contributed by atoms with Gasteiger partial charge in [0.05, 0.1) is 12.0 Å². The number of para-hydroxylation sites is 1. The van der Waals surface area contributed by atoms with Crippen LogP contribution in [-0.4, -0.2) is 44.1 Å². The van der Waals surface area contributed by atoms with E-state index in [9.17, 15) is 9.59 Å². The average Bonchev–Trinajstić information content (AvgIpc) is 2.69. The first-order chi connectivity index (χ1) is 13.1. The predicted molar refractivity (Wildman–Crippen MR) is 112 cm³/mol. The number of amides is 2. The molecule has 2 amide bonds. The second kappa shape index (κ2) is 10.7. The highest BCUT2D eigenvalue weighted by molar-refractivity contribution is 5.90. The number of piperidine rings is 1. The van der Waals surface area contributed by atoms with Gasteiger partial charge in [0, 0.05) is 0 Å². The van der Waals surface area contributed by atoms with E-state index < -0.39 is 6.04 Å². The molecule has 3 rings (SSSR count). The summed E-state index contributed by atoms with van der Waals surface area (Å²) < 4.78 is 5.87. The number of rotatable bonds is 0. The van der Waals surface area contributed by atoms with E-state index in [1.165, 1.54) is 5.56 Å². The maximum Gasteiger partial charge on any atom is 0.242 e. The summed E-state index contributed by atoms with van der Waals surface area (Å²) in [5.74, 6) is 0.748. The summed E-state index contributed by atoms with van der Waals surface area (Å²) in [6, 6.07) is 7.54. The Hall–Kier alpha value is -1.79. The Morgan fingerprint density at radius 2 is 1.79 bits per heavy atom. The first kappa shape index (κ1) is 22.5. The minimum atomic E-state index is -0.540. The van der Waals surface area contributed by atoms with Gasteiger partial charge in [-0.05, 0) is 63.7 Å². The van der Waals surface area contributed by atoms with Crippen LogP contribution in [0.2, 0.25) is 0 Å². The number of benzene rings is 1. The van der Waals surface area contributed by atoms with Crippen LogP contribution in [0.15, 0.2) is 24.3 Å². The highest BCUT2D eigenvalue weighted by Gasteiger charge is 2.39. The van der Waals surface area contributed by atoms with E-state index in [0.29, 0.717) is 13.2 Å². The maximum absolute atomic E-state index is 13.0. The highest BCUT2D eigenvalue weighted by Crippen LogP contribution is 2.35. The molecule has 6 nitrogen and oxygen atoms in total. The summed E-state index contributed by atoms with van der Waals surface area (Å²) >= 11 is 0. The SMILES string of the molecule is C[C@@H]1NC(=O)C2(CCCCc3ccccc3OCCNC1=O)CCNCC2.Cl. The van der Waals surface area contributed by atoms with Crippen LogP contribution in [0, 0.1) is 5.41 Å². The molecule has 1 aromatic carbocycles. The summed E-state index contributed by atoms with van der Waals surface area (Å²) in [5.41, 5.74) is 0.826. The zero-order chi connectivity index (χ0) is 19.1. The van der Waals surface area contributed by atoms with Crippen LogP contribution in [0.5, 0.6) is 5.75 Å². The molecule has 2 aliphatic rings. The zero-order valence-corrected chi connectivity index (χ0v) is 17.4. The largest absolute Gasteiger partial charge is 0.491 e. The van der Waals surface area contributed by atoms with Gasteiger partial charge in [-0.25, -0.2) is 0 Å². The fourth-order valence-electron chi connectivity index (χ4n) is 4.03. The summed E-state index contributed by atoms with van der Waals surface area (Å²) in [4.78, 5) is 25.4. The molecule has 1 saturated heterocycles. The third-order valence-corrected chi connectivity index (χ3v) is 5.77. The number of halogens is 1. The summed E-state index contributed by atoms with van der Waals surface area (Å²) in [7, 11) is 0. The van der Waals surface area contributed by atoms with Crippen molar-refractivity contribution in [3.05, 3.63) is 29.8 Å². The fraction of sp³-hybridized carbons (Fsp3) is 0.619. The molecular weight excluding hydrogens is 378 g/mol. The van der Waals surface area contributed by atoms with Gasteiger partial charge in [0.25, 0.3) is 0 Å².